The van der Waals surface area contributed by atoms with E-state index in [2.05, 4.69) is 10.3 Å². The molecule has 1 amide bonds. The van der Waals surface area contributed by atoms with Crippen molar-refractivity contribution < 1.29 is 4.79 Å². The summed E-state index contributed by atoms with van der Waals surface area (Å²) in [5.41, 5.74) is 3.92. The fourth-order valence-electron chi connectivity index (χ4n) is 3.42. The van der Waals surface area contributed by atoms with Gasteiger partial charge in [-0.05, 0) is 30.7 Å². The van der Waals surface area contributed by atoms with Gasteiger partial charge in [0.25, 0.3) is 5.91 Å². The Morgan fingerprint density at radius 3 is 2.50 bits per heavy atom. The normalized spacial score (nSPS) is 15.0. The van der Waals surface area contributed by atoms with Crippen LogP contribution in [0.5, 0.6) is 0 Å². The van der Waals surface area contributed by atoms with Crippen molar-refractivity contribution in [2.24, 2.45) is 0 Å². The van der Waals surface area contributed by atoms with E-state index in [0.717, 1.165) is 65.1 Å². The molecule has 1 fully saturated rings. The Kier molecular flexibility index (Phi) is 5.76. The van der Waals surface area contributed by atoms with E-state index in [0.29, 0.717) is 0 Å². The lowest BCUT2D eigenvalue weighted by Crippen LogP contribution is -2.48. The maximum absolute atomic E-state index is 12.8. The number of amides is 1. The Morgan fingerprint density at radius 1 is 1.07 bits per heavy atom. The second kappa shape index (κ2) is 8.43. The number of benzene rings is 2. The summed E-state index contributed by atoms with van der Waals surface area (Å²) in [5.74, 6) is 0.136. The third kappa shape index (κ3) is 4.27. The minimum Gasteiger partial charge on any atom is -0.336 e. The van der Waals surface area contributed by atoms with Gasteiger partial charge in [-0.2, -0.15) is 0 Å². The third-order valence-electron chi connectivity index (χ3n) is 5.09. The summed E-state index contributed by atoms with van der Waals surface area (Å²) in [7, 11) is 0. The summed E-state index contributed by atoms with van der Waals surface area (Å²) < 4.78 is 0. The molecule has 0 aliphatic carbocycles. The Balaban J connectivity index is 1.34. The van der Waals surface area contributed by atoms with Crippen LogP contribution in [0.2, 0.25) is 5.02 Å². The minimum absolute atomic E-state index is 0.136. The second-order valence-corrected chi connectivity index (χ2v) is 8.40. The molecule has 2 heterocycles. The summed E-state index contributed by atoms with van der Waals surface area (Å²) in [4.78, 5) is 21.9. The van der Waals surface area contributed by atoms with Crippen LogP contribution in [0.3, 0.4) is 0 Å². The van der Waals surface area contributed by atoms with E-state index in [9.17, 15) is 4.79 Å². The molecule has 1 aliphatic heterocycles. The molecule has 0 atom stereocenters. The van der Waals surface area contributed by atoms with Crippen molar-refractivity contribution in [3.05, 3.63) is 75.1 Å². The van der Waals surface area contributed by atoms with Gasteiger partial charge >= 0.3 is 0 Å². The lowest BCUT2D eigenvalue weighted by molar-refractivity contribution is 0.0627. The molecule has 6 heteroatoms. The van der Waals surface area contributed by atoms with Crippen molar-refractivity contribution in [3.63, 3.8) is 0 Å². The van der Waals surface area contributed by atoms with Gasteiger partial charge in [-0.25, -0.2) is 4.98 Å². The van der Waals surface area contributed by atoms with Gasteiger partial charge in [0.15, 0.2) is 0 Å². The molecule has 1 saturated heterocycles. The van der Waals surface area contributed by atoms with Crippen molar-refractivity contribution >= 4 is 28.8 Å². The van der Waals surface area contributed by atoms with E-state index >= 15 is 0 Å². The van der Waals surface area contributed by atoms with Crippen LogP contribution in [-0.4, -0.2) is 46.9 Å². The standard InChI is InChI=1S/C22H22ClN3OS/c1-16-4-2-3-5-19(16)22(27)26-12-10-25(11-13-26)14-21-24-20(15-28-21)17-6-8-18(23)9-7-17/h2-9,15H,10-14H2,1H3. The lowest BCUT2D eigenvalue weighted by atomic mass is 10.1. The molecular weight excluding hydrogens is 390 g/mol. The first-order valence-corrected chi connectivity index (χ1v) is 10.6. The lowest BCUT2D eigenvalue weighted by Gasteiger charge is -2.34. The van der Waals surface area contributed by atoms with E-state index in [-0.39, 0.29) is 5.91 Å². The van der Waals surface area contributed by atoms with Gasteiger partial charge in [-0.1, -0.05) is 41.9 Å². The second-order valence-electron chi connectivity index (χ2n) is 7.02. The highest BCUT2D eigenvalue weighted by atomic mass is 35.5. The topological polar surface area (TPSA) is 36.4 Å². The molecule has 28 heavy (non-hydrogen) atoms. The molecule has 0 radical (unpaired) electrons. The minimum atomic E-state index is 0.136. The number of piperazine rings is 1. The SMILES string of the molecule is Cc1ccccc1C(=O)N1CCN(Cc2nc(-c3ccc(Cl)cc3)cs2)CC1. The molecule has 0 spiro atoms. The van der Waals surface area contributed by atoms with Crippen molar-refractivity contribution in [2.45, 2.75) is 13.5 Å². The number of carbonyl (C=O) groups is 1. The smallest absolute Gasteiger partial charge is 0.254 e. The quantitative estimate of drug-likeness (QED) is 0.622. The van der Waals surface area contributed by atoms with Crippen LogP contribution >= 0.6 is 22.9 Å². The van der Waals surface area contributed by atoms with Crippen LogP contribution in [-0.2, 0) is 6.54 Å². The predicted octanol–water partition coefficient (Wildman–Crippen LogP) is 4.73. The Bertz CT molecular complexity index is 962. The van der Waals surface area contributed by atoms with Crippen molar-refractivity contribution in [1.82, 2.24) is 14.8 Å². The van der Waals surface area contributed by atoms with E-state index in [1.807, 2.05) is 60.4 Å². The van der Waals surface area contributed by atoms with Crippen LogP contribution < -0.4 is 0 Å². The molecule has 2 aromatic carbocycles. The zero-order valence-corrected chi connectivity index (χ0v) is 17.3. The number of hydrogen-bond acceptors (Lipinski definition) is 4. The van der Waals surface area contributed by atoms with E-state index in [1.165, 1.54) is 0 Å². The highest BCUT2D eigenvalue weighted by Crippen LogP contribution is 2.24. The van der Waals surface area contributed by atoms with Gasteiger partial charge in [-0.3, -0.25) is 9.69 Å². The third-order valence-corrected chi connectivity index (χ3v) is 6.17. The van der Waals surface area contributed by atoms with Crippen LogP contribution in [0.1, 0.15) is 20.9 Å². The molecule has 4 nitrogen and oxygen atoms in total. The number of nitrogens with zero attached hydrogens (tertiary/aromatic N) is 3. The molecule has 3 aromatic rings. The fourth-order valence-corrected chi connectivity index (χ4v) is 4.39. The van der Waals surface area contributed by atoms with Gasteiger partial charge < -0.3 is 4.90 Å². The number of hydrogen-bond donors (Lipinski definition) is 0. The van der Waals surface area contributed by atoms with Crippen molar-refractivity contribution in [3.8, 4) is 11.3 Å². The Morgan fingerprint density at radius 2 is 1.79 bits per heavy atom. The zero-order chi connectivity index (χ0) is 19.5. The van der Waals surface area contributed by atoms with Gasteiger partial charge in [0, 0.05) is 47.7 Å². The van der Waals surface area contributed by atoms with Crippen LogP contribution in [0.4, 0.5) is 0 Å². The molecule has 4 rings (SSSR count). The largest absolute Gasteiger partial charge is 0.336 e. The van der Waals surface area contributed by atoms with E-state index in [1.54, 1.807) is 11.3 Å². The van der Waals surface area contributed by atoms with Gasteiger partial charge in [-0.15, -0.1) is 11.3 Å². The molecule has 144 valence electrons. The number of aromatic nitrogens is 1. The van der Waals surface area contributed by atoms with Crippen molar-refractivity contribution in [2.75, 3.05) is 26.2 Å². The van der Waals surface area contributed by atoms with Crippen LogP contribution in [0.25, 0.3) is 11.3 Å². The van der Waals surface area contributed by atoms with E-state index in [4.69, 9.17) is 16.6 Å². The monoisotopic (exact) mass is 411 g/mol. The zero-order valence-electron chi connectivity index (χ0n) is 15.8. The summed E-state index contributed by atoms with van der Waals surface area (Å²) in [6.45, 7) is 6.06. The molecule has 0 N–H and O–H groups in total. The molecule has 0 unspecified atom stereocenters. The van der Waals surface area contributed by atoms with Gasteiger partial charge in [0.2, 0.25) is 0 Å². The number of rotatable bonds is 4. The number of halogens is 1. The van der Waals surface area contributed by atoms with E-state index < -0.39 is 0 Å². The Labute approximate surface area is 174 Å². The average Bonchev–Trinajstić information content (AvgIpc) is 3.17. The highest BCUT2D eigenvalue weighted by molar-refractivity contribution is 7.09. The summed E-state index contributed by atoms with van der Waals surface area (Å²) in [6.07, 6.45) is 0. The van der Waals surface area contributed by atoms with Gasteiger partial charge in [0.05, 0.1) is 12.2 Å². The average molecular weight is 412 g/mol. The van der Waals surface area contributed by atoms with Gasteiger partial charge in [0.1, 0.15) is 5.01 Å². The molecule has 1 aromatic heterocycles. The predicted molar refractivity (Wildman–Crippen MR) is 115 cm³/mol. The highest BCUT2D eigenvalue weighted by Gasteiger charge is 2.23. The number of thiazole rings is 1. The molecule has 0 bridgehead atoms. The summed E-state index contributed by atoms with van der Waals surface area (Å²) in [5, 5.41) is 3.93. The molecular formula is C22H22ClN3OS. The maximum atomic E-state index is 12.8. The molecule has 0 saturated carbocycles. The first-order valence-electron chi connectivity index (χ1n) is 9.38. The number of carbonyl (C=O) groups excluding carboxylic acids is 1. The first-order chi connectivity index (χ1) is 13.6. The summed E-state index contributed by atoms with van der Waals surface area (Å²) >= 11 is 7.64. The van der Waals surface area contributed by atoms with Crippen LogP contribution in [0, 0.1) is 6.92 Å². The van der Waals surface area contributed by atoms with Crippen molar-refractivity contribution in [1.29, 1.82) is 0 Å². The number of aryl methyl sites for hydroxylation is 1. The fraction of sp³-hybridized carbons (Fsp3) is 0.273. The molecule has 1 aliphatic rings. The summed E-state index contributed by atoms with van der Waals surface area (Å²) in [6, 6.07) is 15.6. The maximum Gasteiger partial charge on any atom is 0.254 e. The Hall–Kier alpha value is -2.21. The van der Waals surface area contributed by atoms with Crippen LogP contribution in [0.15, 0.2) is 53.9 Å². The first kappa shape index (κ1) is 19.1.